The van der Waals surface area contributed by atoms with Gasteiger partial charge in [-0.15, -0.1) is 0 Å². The van der Waals surface area contributed by atoms with Gasteiger partial charge in [0.05, 0.1) is 18.8 Å². The molecule has 0 unspecified atom stereocenters. The molecule has 0 spiro atoms. The highest BCUT2D eigenvalue weighted by Crippen LogP contribution is 2.11. The van der Waals surface area contributed by atoms with Gasteiger partial charge in [0.1, 0.15) is 4.49 Å². The Morgan fingerprint density at radius 3 is 2.45 bits per heavy atom. The van der Waals surface area contributed by atoms with Crippen LogP contribution in [0, 0.1) is 0 Å². The Morgan fingerprint density at radius 2 is 1.90 bits per heavy atom. The van der Waals surface area contributed by atoms with Crippen LogP contribution in [0.2, 0.25) is 0 Å². The molecule has 0 aliphatic heterocycles. The minimum absolute atomic E-state index is 0.261. The molecule has 0 atom stereocenters. The molecule has 0 bridgehead atoms. The maximum absolute atomic E-state index is 10.7. The molecule has 0 aliphatic carbocycles. The van der Waals surface area contributed by atoms with Gasteiger partial charge in [0.15, 0.2) is 0 Å². The number of allylic oxidation sites excluding steroid dienone is 2. The maximum atomic E-state index is 10.7. The standard InChI is InChI=1S/C15H16Cl2O3/c1-11(2-7-14(16)17)8-9-20-10-12-3-5-13(6-4-12)15(18)19/h3-8H,2,9-10H2,1H3,(H,18,19). The van der Waals surface area contributed by atoms with Crippen molar-refractivity contribution < 1.29 is 14.6 Å². The largest absolute Gasteiger partial charge is 0.478 e. The van der Waals surface area contributed by atoms with Crippen molar-refractivity contribution in [1.82, 2.24) is 0 Å². The third-order valence-electron chi connectivity index (χ3n) is 2.60. The summed E-state index contributed by atoms with van der Waals surface area (Å²) in [6.45, 7) is 2.90. The molecular weight excluding hydrogens is 299 g/mol. The summed E-state index contributed by atoms with van der Waals surface area (Å²) in [6, 6.07) is 6.62. The number of carboxylic acid groups (broad SMARTS) is 1. The molecule has 108 valence electrons. The summed E-state index contributed by atoms with van der Waals surface area (Å²) in [7, 11) is 0. The highest BCUT2D eigenvalue weighted by molar-refractivity contribution is 6.55. The number of carboxylic acids is 1. The third kappa shape index (κ3) is 6.75. The molecule has 0 aliphatic rings. The fraction of sp³-hybridized carbons (Fsp3) is 0.267. The molecule has 1 rings (SSSR count). The number of halogens is 2. The molecule has 0 saturated carbocycles. The van der Waals surface area contributed by atoms with Crippen molar-refractivity contribution >= 4 is 29.2 Å². The minimum Gasteiger partial charge on any atom is -0.478 e. The van der Waals surface area contributed by atoms with Gasteiger partial charge in [-0.3, -0.25) is 0 Å². The van der Waals surface area contributed by atoms with E-state index < -0.39 is 5.97 Å². The maximum Gasteiger partial charge on any atom is 0.335 e. The summed E-state index contributed by atoms with van der Waals surface area (Å²) >= 11 is 11.0. The summed E-state index contributed by atoms with van der Waals surface area (Å²) in [5.74, 6) is -0.929. The second kappa shape index (κ2) is 8.80. The lowest BCUT2D eigenvalue weighted by Crippen LogP contribution is -1.97. The first-order valence-electron chi connectivity index (χ1n) is 6.06. The molecule has 0 amide bonds. The van der Waals surface area contributed by atoms with Gasteiger partial charge in [0.25, 0.3) is 0 Å². The van der Waals surface area contributed by atoms with Crippen molar-refractivity contribution in [3.05, 3.63) is 57.6 Å². The Balaban J connectivity index is 2.35. The van der Waals surface area contributed by atoms with Crippen LogP contribution in [0.25, 0.3) is 0 Å². The zero-order chi connectivity index (χ0) is 15.0. The van der Waals surface area contributed by atoms with Gasteiger partial charge >= 0.3 is 5.97 Å². The van der Waals surface area contributed by atoms with Crippen LogP contribution in [0.4, 0.5) is 0 Å². The van der Waals surface area contributed by atoms with Crippen molar-refractivity contribution in [3.63, 3.8) is 0 Å². The van der Waals surface area contributed by atoms with Crippen molar-refractivity contribution in [1.29, 1.82) is 0 Å². The summed E-state index contributed by atoms with van der Waals surface area (Å²) < 4.78 is 5.75. The SMILES string of the molecule is CC(=CCOCc1ccc(C(=O)O)cc1)CC=C(Cl)Cl. The second-order valence-electron chi connectivity index (χ2n) is 4.27. The normalized spacial score (nSPS) is 11.2. The van der Waals surface area contributed by atoms with Gasteiger partial charge < -0.3 is 9.84 Å². The lowest BCUT2D eigenvalue weighted by atomic mass is 10.1. The van der Waals surface area contributed by atoms with Gasteiger partial charge in [-0.2, -0.15) is 0 Å². The van der Waals surface area contributed by atoms with Crippen LogP contribution < -0.4 is 0 Å². The summed E-state index contributed by atoms with van der Waals surface area (Å²) in [4.78, 5) is 10.7. The number of carbonyl (C=O) groups is 1. The minimum atomic E-state index is -0.929. The molecule has 1 N–H and O–H groups in total. The molecule has 0 fully saturated rings. The van der Waals surface area contributed by atoms with E-state index in [0.29, 0.717) is 19.6 Å². The van der Waals surface area contributed by atoms with E-state index in [-0.39, 0.29) is 10.1 Å². The lowest BCUT2D eigenvalue weighted by molar-refractivity contribution is 0.0696. The van der Waals surface area contributed by atoms with E-state index in [9.17, 15) is 4.79 Å². The van der Waals surface area contributed by atoms with Crippen LogP contribution in [0.3, 0.4) is 0 Å². The zero-order valence-electron chi connectivity index (χ0n) is 11.1. The van der Waals surface area contributed by atoms with Gasteiger partial charge in [-0.1, -0.05) is 53.1 Å². The summed E-state index contributed by atoms with van der Waals surface area (Å²) in [5, 5.41) is 8.78. The fourth-order valence-electron chi connectivity index (χ4n) is 1.44. The van der Waals surface area contributed by atoms with Gasteiger partial charge in [0.2, 0.25) is 0 Å². The number of hydrogen-bond donors (Lipinski definition) is 1. The zero-order valence-corrected chi connectivity index (χ0v) is 12.6. The van der Waals surface area contributed by atoms with Crippen molar-refractivity contribution in [3.8, 4) is 0 Å². The van der Waals surface area contributed by atoms with Crippen LogP contribution in [-0.2, 0) is 11.3 Å². The Hall–Kier alpha value is -1.29. The van der Waals surface area contributed by atoms with E-state index in [2.05, 4.69) is 0 Å². The average Bonchev–Trinajstić information content (AvgIpc) is 2.42. The van der Waals surface area contributed by atoms with E-state index in [0.717, 1.165) is 11.1 Å². The highest BCUT2D eigenvalue weighted by atomic mass is 35.5. The van der Waals surface area contributed by atoms with Crippen LogP contribution in [0.1, 0.15) is 29.3 Å². The fourth-order valence-corrected chi connectivity index (χ4v) is 1.60. The van der Waals surface area contributed by atoms with Crippen LogP contribution in [-0.4, -0.2) is 17.7 Å². The summed E-state index contributed by atoms with van der Waals surface area (Å²) in [6.07, 6.45) is 4.37. The Bertz CT molecular complexity index is 500. The van der Waals surface area contributed by atoms with Gasteiger partial charge in [-0.25, -0.2) is 4.79 Å². The first-order valence-corrected chi connectivity index (χ1v) is 6.81. The van der Waals surface area contributed by atoms with Gasteiger partial charge in [0, 0.05) is 0 Å². The molecular formula is C15H16Cl2O3. The van der Waals surface area contributed by atoms with Crippen molar-refractivity contribution in [2.24, 2.45) is 0 Å². The van der Waals surface area contributed by atoms with Crippen molar-refractivity contribution in [2.75, 3.05) is 6.61 Å². The number of rotatable bonds is 7. The Kier molecular flexibility index (Phi) is 7.37. The number of aromatic carboxylic acids is 1. The Labute approximate surface area is 128 Å². The first-order chi connectivity index (χ1) is 9.49. The number of ether oxygens (including phenoxy) is 1. The molecule has 0 heterocycles. The van der Waals surface area contributed by atoms with E-state index in [1.165, 1.54) is 0 Å². The number of hydrogen-bond acceptors (Lipinski definition) is 2. The van der Waals surface area contributed by atoms with E-state index in [4.69, 9.17) is 33.0 Å². The molecule has 20 heavy (non-hydrogen) atoms. The van der Waals surface area contributed by atoms with Crippen LogP contribution in [0.15, 0.2) is 46.5 Å². The quantitative estimate of drug-likeness (QED) is 0.593. The van der Waals surface area contributed by atoms with Crippen LogP contribution >= 0.6 is 23.2 Å². The topological polar surface area (TPSA) is 46.5 Å². The monoisotopic (exact) mass is 314 g/mol. The summed E-state index contributed by atoms with van der Waals surface area (Å²) in [5.41, 5.74) is 2.32. The Morgan fingerprint density at radius 1 is 1.25 bits per heavy atom. The van der Waals surface area contributed by atoms with Crippen molar-refractivity contribution in [2.45, 2.75) is 20.0 Å². The highest BCUT2D eigenvalue weighted by Gasteiger charge is 2.01. The third-order valence-corrected chi connectivity index (χ3v) is 2.91. The molecule has 1 aromatic rings. The van der Waals surface area contributed by atoms with Crippen LogP contribution in [0.5, 0.6) is 0 Å². The molecule has 0 radical (unpaired) electrons. The van der Waals surface area contributed by atoms with E-state index in [1.807, 2.05) is 13.0 Å². The number of benzene rings is 1. The second-order valence-corrected chi connectivity index (χ2v) is 5.27. The molecule has 0 aromatic heterocycles. The molecule has 5 heteroatoms. The first kappa shape index (κ1) is 16.8. The average molecular weight is 315 g/mol. The van der Waals surface area contributed by atoms with E-state index in [1.54, 1.807) is 30.3 Å². The predicted octanol–water partition coefficient (Wildman–Crippen LogP) is 4.56. The molecule has 0 saturated heterocycles. The predicted molar refractivity (Wildman–Crippen MR) is 81.2 cm³/mol. The van der Waals surface area contributed by atoms with Gasteiger partial charge in [-0.05, 0) is 31.0 Å². The van der Waals surface area contributed by atoms with E-state index >= 15 is 0 Å². The molecule has 3 nitrogen and oxygen atoms in total. The molecule has 1 aromatic carbocycles. The lowest BCUT2D eigenvalue weighted by Gasteiger charge is -2.03. The smallest absolute Gasteiger partial charge is 0.335 e.